The van der Waals surface area contributed by atoms with Crippen LogP contribution in [0.3, 0.4) is 0 Å². The Bertz CT molecular complexity index is 631. The summed E-state index contributed by atoms with van der Waals surface area (Å²) in [7, 11) is 0. The molecule has 1 aromatic rings. The van der Waals surface area contributed by atoms with Crippen molar-refractivity contribution in [3.8, 4) is 0 Å². The van der Waals surface area contributed by atoms with Gasteiger partial charge in [-0.1, -0.05) is 0 Å². The molecule has 1 heterocycles. The molecule has 1 aliphatic heterocycles. The first-order chi connectivity index (χ1) is 9.79. The Hall–Kier alpha value is -2.78. The highest BCUT2D eigenvalue weighted by Gasteiger charge is 2.36. The molecule has 1 aromatic carbocycles. The number of hydrogen-bond donors (Lipinski definition) is 2. The van der Waals surface area contributed by atoms with Gasteiger partial charge in [-0.05, 0) is 0 Å². The number of carboxylic acid groups (broad SMARTS) is 1. The second kappa shape index (κ2) is 5.31. The van der Waals surface area contributed by atoms with Crippen molar-refractivity contribution in [3.05, 3.63) is 33.9 Å². The summed E-state index contributed by atoms with van der Waals surface area (Å²) in [6.07, 6.45) is 0. The number of aliphatic carboxylic acids is 1. The average Bonchev–Trinajstić information content (AvgIpc) is 2.29. The molecule has 2 amide bonds. The Kier molecular flexibility index (Phi) is 3.70. The van der Waals surface area contributed by atoms with E-state index in [1.165, 1.54) is 0 Å². The van der Waals surface area contributed by atoms with Crippen LogP contribution in [-0.2, 0) is 4.79 Å². The number of urea groups is 1. The second-order valence-corrected chi connectivity index (χ2v) is 4.41. The van der Waals surface area contributed by atoms with Crippen LogP contribution in [0.25, 0.3) is 0 Å². The number of likely N-dealkylation sites (tertiary alicyclic amines) is 1. The highest BCUT2D eigenvalue weighted by molar-refractivity contribution is 5.91. The first-order valence-corrected chi connectivity index (χ1v) is 5.71. The van der Waals surface area contributed by atoms with E-state index < -0.39 is 45.9 Å². The zero-order valence-corrected chi connectivity index (χ0v) is 10.4. The van der Waals surface area contributed by atoms with Gasteiger partial charge < -0.3 is 15.3 Å². The Balaban J connectivity index is 2.10. The van der Waals surface area contributed by atoms with Crippen LogP contribution in [0.5, 0.6) is 0 Å². The highest BCUT2D eigenvalue weighted by atomic mass is 19.1. The normalized spacial score (nSPS) is 14.5. The number of hydrogen-bond acceptors (Lipinski definition) is 4. The smallest absolute Gasteiger partial charge is 0.321 e. The summed E-state index contributed by atoms with van der Waals surface area (Å²) in [4.78, 5) is 32.8. The van der Waals surface area contributed by atoms with Crippen LogP contribution in [0.4, 0.5) is 25.0 Å². The molecular weight excluding hydrogens is 292 g/mol. The molecule has 2 N–H and O–H groups in total. The van der Waals surface area contributed by atoms with Crippen LogP contribution in [0, 0.1) is 27.7 Å². The van der Waals surface area contributed by atoms with Gasteiger partial charge in [-0.25, -0.2) is 9.18 Å². The van der Waals surface area contributed by atoms with Gasteiger partial charge >= 0.3 is 17.7 Å². The molecule has 1 saturated heterocycles. The van der Waals surface area contributed by atoms with Crippen LogP contribution in [-0.4, -0.2) is 40.0 Å². The Morgan fingerprint density at radius 3 is 2.48 bits per heavy atom. The van der Waals surface area contributed by atoms with Gasteiger partial charge in [-0.15, -0.1) is 0 Å². The largest absolute Gasteiger partial charge is 0.481 e. The lowest BCUT2D eigenvalue weighted by Crippen LogP contribution is -2.54. The first kappa shape index (κ1) is 14.6. The van der Waals surface area contributed by atoms with Crippen LogP contribution in [0.1, 0.15) is 0 Å². The lowest BCUT2D eigenvalue weighted by Gasteiger charge is -2.36. The average molecular weight is 301 g/mol. The van der Waals surface area contributed by atoms with Gasteiger partial charge in [0, 0.05) is 25.2 Å². The van der Waals surface area contributed by atoms with E-state index in [0.29, 0.717) is 12.1 Å². The molecule has 8 nitrogen and oxygen atoms in total. The molecular formula is C11H9F2N3O5. The molecule has 0 aliphatic carbocycles. The van der Waals surface area contributed by atoms with Gasteiger partial charge in [0.15, 0.2) is 0 Å². The van der Waals surface area contributed by atoms with E-state index in [9.17, 15) is 28.5 Å². The number of benzene rings is 1. The van der Waals surface area contributed by atoms with Crippen LogP contribution < -0.4 is 5.32 Å². The van der Waals surface area contributed by atoms with Crippen molar-refractivity contribution in [3.63, 3.8) is 0 Å². The van der Waals surface area contributed by atoms with Crippen molar-refractivity contribution >= 4 is 23.4 Å². The fraction of sp³-hybridized carbons (Fsp3) is 0.273. The summed E-state index contributed by atoms with van der Waals surface area (Å²) >= 11 is 0. The summed E-state index contributed by atoms with van der Waals surface area (Å²) in [6, 6.07) is 0.0494. The van der Waals surface area contributed by atoms with E-state index in [0.717, 1.165) is 4.90 Å². The fourth-order valence-corrected chi connectivity index (χ4v) is 1.77. The minimum Gasteiger partial charge on any atom is -0.481 e. The van der Waals surface area contributed by atoms with Crippen LogP contribution >= 0.6 is 0 Å². The van der Waals surface area contributed by atoms with Crippen molar-refractivity contribution in [2.75, 3.05) is 18.4 Å². The number of nitrogens with one attached hydrogen (secondary N) is 1. The number of nitro groups is 1. The lowest BCUT2D eigenvalue weighted by molar-refractivity contribution is -0.387. The Morgan fingerprint density at radius 2 is 1.95 bits per heavy atom. The van der Waals surface area contributed by atoms with Gasteiger partial charge in [-0.3, -0.25) is 14.9 Å². The van der Waals surface area contributed by atoms with E-state index in [1.807, 2.05) is 5.32 Å². The van der Waals surface area contributed by atoms with Gasteiger partial charge in [0.1, 0.15) is 5.82 Å². The van der Waals surface area contributed by atoms with Crippen molar-refractivity contribution < 1.29 is 28.4 Å². The number of amides is 2. The number of anilines is 1. The SMILES string of the molecule is O=C(O)C1CN(C(=O)Nc2cc([N+](=O)[O-])c(F)cc2F)C1. The number of nitro benzene ring substituents is 1. The van der Waals surface area contributed by atoms with E-state index in [4.69, 9.17) is 5.11 Å². The van der Waals surface area contributed by atoms with E-state index >= 15 is 0 Å². The Labute approximate surface area is 116 Å². The third-order valence-electron chi connectivity index (χ3n) is 2.99. The molecule has 0 aromatic heterocycles. The molecule has 1 aliphatic rings. The maximum absolute atomic E-state index is 13.5. The number of rotatable bonds is 3. The van der Waals surface area contributed by atoms with Gasteiger partial charge in [-0.2, -0.15) is 4.39 Å². The topological polar surface area (TPSA) is 113 Å². The number of carbonyl (C=O) groups excluding carboxylic acids is 1. The van der Waals surface area contributed by atoms with E-state index in [2.05, 4.69) is 0 Å². The summed E-state index contributed by atoms with van der Waals surface area (Å²) in [6.45, 7) is -0.0991. The predicted octanol–water partition coefficient (Wildman–Crippen LogP) is 1.42. The molecule has 112 valence electrons. The first-order valence-electron chi connectivity index (χ1n) is 5.71. The van der Waals surface area contributed by atoms with Crippen molar-refractivity contribution in [1.82, 2.24) is 4.90 Å². The highest BCUT2D eigenvalue weighted by Crippen LogP contribution is 2.26. The minimum atomic E-state index is -1.36. The third kappa shape index (κ3) is 2.88. The van der Waals surface area contributed by atoms with Crippen molar-refractivity contribution in [2.45, 2.75) is 0 Å². The zero-order valence-electron chi connectivity index (χ0n) is 10.4. The Morgan fingerprint density at radius 1 is 1.33 bits per heavy atom. The number of carboxylic acids is 1. The van der Waals surface area contributed by atoms with Gasteiger partial charge in [0.25, 0.3) is 0 Å². The summed E-state index contributed by atoms with van der Waals surface area (Å²) < 4.78 is 26.6. The fourth-order valence-electron chi connectivity index (χ4n) is 1.77. The molecule has 10 heteroatoms. The van der Waals surface area contributed by atoms with Crippen molar-refractivity contribution in [1.29, 1.82) is 0 Å². The molecule has 0 atom stereocenters. The zero-order chi connectivity index (χ0) is 15.7. The molecule has 0 saturated carbocycles. The molecule has 0 spiro atoms. The number of carbonyl (C=O) groups is 2. The van der Waals surface area contributed by atoms with Crippen LogP contribution in [0.2, 0.25) is 0 Å². The summed E-state index contributed by atoms with van der Waals surface area (Å²) in [5.74, 6) is -4.27. The number of nitrogens with zero attached hydrogens (tertiary/aromatic N) is 2. The standard InChI is InChI=1S/C11H9F2N3O5/c12-6-1-7(13)9(16(20)21)2-8(6)14-11(19)15-3-5(4-15)10(17)18/h1-2,5H,3-4H2,(H,14,19)(H,17,18). The molecule has 0 unspecified atom stereocenters. The van der Waals surface area contributed by atoms with Gasteiger partial charge in [0.2, 0.25) is 5.82 Å². The monoisotopic (exact) mass is 301 g/mol. The van der Waals surface area contributed by atoms with Gasteiger partial charge in [0.05, 0.1) is 16.5 Å². The van der Waals surface area contributed by atoms with E-state index in [1.54, 1.807) is 0 Å². The van der Waals surface area contributed by atoms with Crippen LogP contribution in [0.15, 0.2) is 12.1 Å². The molecule has 0 radical (unpaired) electrons. The molecule has 0 bridgehead atoms. The molecule has 21 heavy (non-hydrogen) atoms. The van der Waals surface area contributed by atoms with Crippen molar-refractivity contribution in [2.24, 2.45) is 5.92 Å². The summed E-state index contributed by atoms with van der Waals surface area (Å²) in [5, 5.41) is 21.2. The number of halogens is 2. The maximum Gasteiger partial charge on any atom is 0.321 e. The molecule has 1 fully saturated rings. The lowest BCUT2D eigenvalue weighted by atomic mass is 10.0. The summed E-state index contributed by atoms with van der Waals surface area (Å²) in [5.41, 5.74) is -1.52. The predicted molar refractivity (Wildman–Crippen MR) is 64.7 cm³/mol. The quantitative estimate of drug-likeness (QED) is 0.647. The third-order valence-corrected chi connectivity index (χ3v) is 2.99. The second-order valence-electron chi connectivity index (χ2n) is 4.41. The molecule has 2 rings (SSSR count). The van der Waals surface area contributed by atoms with E-state index in [-0.39, 0.29) is 13.1 Å². The minimum absolute atomic E-state index is 0.0495. The maximum atomic E-state index is 13.5.